The third-order valence-corrected chi connectivity index (χ3v) is 4.31. The number of phenols is 1. The number of nitrogens with zero attached hydrogens (tertiary/aromatic N) is 1. The molecule has 0 fully saturated rings. The number of phenolic OH excluding ortho intramolecular Hbond substituents is 1. The molecule has 1 amide bonds. The van der Waals surface area contributed by atoms with Crippen molar-refractivity contribution in [3.63, 3.8) is 0 Å². The van der Waals surface area contributed by atoms with Gasteiger partial charge in [0.25, 0.3) is 5.91 Å². The van der Waals surface area contributed by atoms with Crippen LogP contribution in [0.5, 0.6) is 5.75 Å². The number of aromatic hydroxyl groups is 1. The van der Waals surface area contributed by atoms with E-state index in [9.17, 15) is 22.7 Å². The molecule has 0 aliphatic carbocycles. The van der Waals surface area contributed by atoms with Crippen LogP contribution in [0.1, 0.15) is 10.4 Å². The first-order valence-electron chi connectivity index (χ1n) is 8.05. The lowest BCUT2D eigenvalue weighted by molar-refractivity contribution is 0.102. The number of pyridine rings is 1. The van der Waals surface area contributed by atoms with E-state index < -0.39 is 15.9 Å². The molecule has 3 N–H and O–H groups in total. The van der Waals surface area contributed by atoms with Crippen molar-refractivity contribution in [2.24, 2.45) is 0 Å². The first-order valence-corrected chi connectivity index (χ1v) is 9.94. The number of anilines is 2. The van der Waals surface area contributed by atoms with Gasteiger partial charge in [-0.15, -0.1) is 0 Å². The van der Waals surface area contributed by atoms with Gasteiger partial charge in [-0.1, -0.05) is 0 Å². The van der Waals surface area contributed by atoms with Gasteiger partial charge in [0.05, 0.1) is 23.2 Å². The Morgan fingerprint density at radius 2 is 1.79 bits per heavy atom. The zero-order valence-corrected chi connectivity index (χ0v) is 15.5. The Hall–Kier alpha value is -3.46. The van der Waals surface area contributed by atoms with Crippen molar-refractivity contribution in [2.45, 2.75) is 0 Å². The fourth-order valence-corrected chi connectivity index (χ4v) is 2.98. The molecule has 0 atom stereocenters. The van der Waals surface area contributed by atoms with Gasteiger partial charge in [0.2, 0.25) is 10.0 Å². The maximum atomic E-state index is 13.0. The molecule has 3 rings (SSSR count). The molecule has 28 heavy (non-hydrogen) atoms. The van der Waals surface area contributed by atoms with E-state index in [1.54, 1.807) is 24.3 Å². The monoisotopic (exact) mass is 401 g/mol. The van der Waals surface area contributed by atoms with E-state index in [-0.39, 0.29) is 28.5 Å². The van der Waals surface area contributed by atoms with Gasteiger partial charge in [-0.3, -0.25) is 14.5 Å². The standard InChI is InChI=1S/C19H16FN3O4S/c1-28(26,27)23-17-10-15(7-9-18(17)24)22-19(25)13-4-8-16(21-11-13)12-2-5-14(20)6-3-12/h2-11,23-24H,1H3,(H,22,25). The molecule has 0 radical (unpaired) electrons. The quantitative estimate of drug-likeness (QED) is 0.449. The van der Waals surface area contributed by atoms with Crippen LogP contribution in [0.4, 0.5) is 15.8 Å². The van der Waals surface area contributed by atoms with Crippen LogP contribution in [0.2, 0.25) is 0 Å². The summed E-state index contributed by atoms with van der Waals surface area (Å²) in [6.07, 6.45) is 2.33. The fraction of sp³-hybridized carbons (Fsp3) is 0.0526. The van der Waals surface area contributed by atoms with E-state index in [4.69, 9.17) is 0 Å². The Labute approximate surface area is 160 Å². The summed E-state index contributed by atoms with van der Waals surface area (Å²) >= 11 is 0. The summed E-state index contributed by atoms with van der Waals surface area (Å²) in [5.41, 5.74) is 1.81. The molecule has 2 aromatic carbocycles. The number of carbonyl (C=O) groups is 1. The van der Waals surface area contributed by atoms with Crippen molar-refractivity contribution in [1.29, 1.82) is 0 Å². The Morgan fingerprint density at radius 1 is 1.07 bits per heavy atom. The average Bonchev–Trinajstić information content (AvgIpc) is 2.64. The van der Waals surface area contributed by atoms with Crippen molar-refractivity contribution in [2.75, 3.05) is 16.3 Å². The lowest BCUT2D eigenvalue weighted by Gasteiger charge is -2.10. The number of benzene rings is 2. The highest BCUT2D eigenvalue weighted by Crippen LogP contribution is 2.27. The summed E-state index contributed by atoms with van der Waals surface area (Å²) in [6, 6.07) is 13.0. The molecule has 1 heterocycles. The Bertz CT molecular complexity index is 1110. The predicted molar refractivity (Wildman–Crippen MR) is 104 cm³/mol. The second kappa shape index (κ2) is 7.65. The third kappa shape index (κ3) is 4.83. The van der Waals surface area contributed by atoms with E-state index in [0.717, 1.165) is 6.26 Å². The normalized spacial score (nSPS) is 11.1. The van der Waals surface area contributed by atoms with Crippen LogP contribution in [0.3, 0.4) is 0 Å². The number of amides is 1. The lowest BCUT2D eigenvalue weighted by Crippen LogP contribution is -2.13. The minimum Gasteiger partial charge on any atom is -0.506 e. The molecule has 7 nitrogen and oxygen atoms in total. The minimum atomic E-state index is -3.59. The maximum Gasteiger partial charge on any atom is 0.257 e. The Morgan fingerprint density at radius 3 is 2.39 bits per heavy atom. The SMILES string of the molecule is CS(=O)(=O)Nc1cc(NC(=O)c2ccc(-c3ccc(F)cc3)nc2)ccc1O. The molecule has 1 aromatic heterocycles. The van der Waals surface area contributed by atoms with Crippen LogP contribution in [-0.4, -0.2) is 30.7 Å². The number of aromatic nitrogens is 1. The Kier molecular flexibility index (Phi) is 5.27. The molecule has 0 aliphatic rings. The fourth-order valence-electron chi connectivity index (χ4n) is 2.42. The van der Waals surface area contributed by atoms with Gasteiger partial charge < -0.3 is 10.4 Å². The van der Waals surface area contributed by atoms with Crippen molar-refractivity contribution in [1.82, 2.24) is 4.98 Å². The van der Waals surface area contributed by atoms with Gasteiger partial charge in [-0.25, -0.2) is 12.8 Å². The van der Waals surface area contributed by atoms with E-state index >= 15 is 0 Å². The third-order valence-electron chi connectivity index (χ3n) is 3.72. The van der Waals surface area contributed by atoms with Crippen LogP contribution < -0.4 is 10.0 Å². The second-order valence-electron chi connectivity index (χ2n) is 6.00. The van der Waals surface area contributed by atoms with Crippen LogP contribution in [-0.2, 0) is 10.0 Å². The number of sulfonamides is 1. The molecule has 144 valence electrons. The van der Waals surface area contributed by atoms with Gasteiger partial charge in [0.1, 0.15) is 11.6 Å². The van der Waals surface area contributed by atoms with Crippen molar-refractivity contribution in [3.05, 3.63) is 72.2 Å². The number of nitrogens with one attached hydrogen (secondary N) is 2. The molecule has 0 spiro atoms. The summed E-state index contributed by atoms with van der Waals surface area (Å²) < 4.78 is 37.8. The molecule has 0 bridgehead atoms. The molecular formula is C19H16FN3O4S. The second-order valence-corrected chi connectivity index (χ2v) is 7.75. The molecular weight excluding hydrogens is 385 g/mol. The summed E-state index contributed by atoms with van der Waals surface area (Å²) in [5, 5.41) is 12.3. The number of hydrogen-bond donors (Lipinski definition) is 3. The molecule has 0 unspecified atom stereocenters. The molecule has 0 aliphatic heterocycles. The zero-order valence-electron chi connectivity index (χ0n) is 14.7. The van der Waals surface area contributed by atoms with Crippen LogP contribution in [0, 0.1) is 5.82 Å². The van der Waals surface area contributed by atoms with Crippen molar-refractivity contribution in [3.8, 4) is 17.0 Å². The van der Waals surface area contributed by atoms with E-state index in [0.29, 0.717) is 11.3 Å². The van der Waals surface area contributed by atoms with E-state index in [2.05, 4.69) is 15.0 Å². The van der Waals surface area contributed by atoms with E-state index in [1.807, 2.05) is 0 Å². The summed E-state index contributed by atoms with van der Waals surface area (Å²) in [7, 11) is -3.59. The highest BCUT2D eigenvalue weighted by atomic mass is 32.2. The van der Waals surface area contributed by atoms with Crippen LogP contribution in [0.25, 0.3) is 11.3 Å². The summed E-state index contributed by atoms with van der Waals surface area (Å²) in [6.45, 7) is 0. The van der Waals surface area contributed by atoms with Crippen LogP contribution >= 0.6 is 0 Å². The lowest BCUT2D eigenvalue weighted by atomic mass is 10.1. The Balaban J connectivity index is 1.76. The first kappa shape index (κ1) is 19.3. The molecule has 0 saturated carbocycles. The summed E-state index contributed by atoms with van der Waals surface area (Å²) in [4.78, 5) is 16.6. The van der Waals surface area contributed by atoms with Crippen molar-refractivity contribution < 1.29 is 22.7 Å². The molecule has 0 saturated heterocycles. The van der Waals surface area contributed by atoms with Gasteiger partial charge in [-0.05, 0) is 54.6 Å². The van der Waals surface area contributed by atoms with E-state index in [1.165, 1.54) is 36.5 Å². The number of carbonyl (C=O) groups excluding carboxylic acids is 1. The highest BCUT2D eigenvalue weighted by molar-refractivity contribution is 7.92. The number of rotatable bonds is 5. The predicted octanol–water partition coefficient (Wildman–Crippen LogP) is 3.22. The minimum absolute atomic E-state index is 0.0508. The largest absolute Gasteiger partial charge is 0.506 e. The average molecular weight is 401 g/mol. The first-order chi connectivity index (χ1) is 13.2. The zero-order chi connectivity index (χ0) is 20.3. The topological polar surface area (TPSA) is 108 Å². The number of hydrogen-bond acceptors (Lipinski definition) is 5. The van der Waals surface area contributed by atoms with Gasteiger partial charge >= 0.3 is 0 Å². The van der Waals surface area contributed by atoms with Gasteiger partial charge in [0, 0.05) is 17.4 Å². The smallest absolute Gasteiger partial charge is 0.257 e. The maximum absolute atomic E-state index is 13.0. The molecule has 3 aromatic rings. The van der Waals surface area contributed by atoms with Gasteiger partial charge in [-0.2, -0.15) is 0 Å². The van der Waals surface area contributed by atoms with Gasteiger partial charge in [0.15, 0.2) is 0 Å². The van der Waals surface area contributed by atoms with Crippen molar-refractivity contribution >= 4 is 27.3 Å². The highest BCUT2D eigenvalue weighted by Gasteiger charge is 2.11. The molecule has 9 heteroatoms. The van der Waals surface area contributed by atoms with Crippen LogP contribution in [0.15, 0.2) is 60.8 Å². The summed E-state index contributed by atoms with van der Waals surface area (Å²) in [5.74, 6) is -1.08. The number of halogens is 1.